The SMILES string of the molecule is c1cncc(N2CCC[C@@H]3CN[C@@H]3C2)c1. The lowest BCUT2D eigenvalue weighted by atomic mass is 9.89. The zero-order valence-electron chi connectivity index (χ0n) is 8.89. The van der Waals surface area contributed by atoms with Crippen LogP contribution in [0.3, 0.4) is 0 Å². The van der Waals surface area contributed by atoms with Crippen molar-refractivity contribution in [1.82, 2.24) is 10.3 Å². The highest BCUT2D eigenvalue weighted by Crippen LogP contribution is 2.26. The van der Waals surface area contributed by atoms with E-state index in [9.17, 15) is 0 Å². The molecule has 80 valence electrons. The van der Waals surface area contributed by atoms with E-state index in [1.165, 1.54) is 31.6 Å². The van der Waals surface area contributed by atoms with Gasteiger partial charge < -0.3 is 10.2 Å². The molecule has 0 bridgehead atoms. The van der Waals surface area contributed by atoms with Gasteiger partial charge in [-0.15, -0.1) is 0 Å². The van der Waals surface area contributed by atoms with Crippen molar-refractivity contribution in [3.05, 3.63) is 24.5 Å². The van der Waals surface area contributed by atoms with Gasteiger partial charge in [-0.05, 0) is 37.4 Å². The molecular formula is C12H17N3. The van der Waals surface area contributed by atoms with Gasteiger partial charge in [-0.2, -0.15) is 0 Å². The molecule has 3 heteroatoms. The van der Waals surface area contributed by atoms with Crippen molar-refractivity contribution in [2.75, 3.05) is 24.5 Å². The van der Waals surface area contributed by atoms with Crippen LogP contribution in [0, 0.1) is 5.92 Å². The minimum absolute atomic E-state index is 0.715. The van der Waals surface area contributed by atoms with E-state index >= 15 is 0 Å². The van der Waals surface area contributed by atoms with Crippen LogP contribution in [0.5, 0.6) is 0 Å². The highest BCUT2D eigenvalue weighted by Gasteiger charge is 2.33. The van der Waals surface area contributed by atoms with Crippen LogP contribution in [0.25, 0.3) is 0 Å². The van der Waals surface area contributed by atoms with Crippen molar-refractivity contribution in [1.29, 1.82) is 0 Å². The molecule has 2 saturated heterocycles. The molecule has 1 aromatic heterocycles. The first kappa shape index (κ1) is 9.16. The summed E-state index contributed by atoms with van der Waals surface area (Å²) in [6.45, 7) is 3.56. The summed E-state index contributed by atoms with van der Waals surface area (Å²) in [5, 5.41) is 3.53. The van der Waals surface area contributed by atoms with Gasteiger partial charge in [-0.3, -0.25) is 4.98 Å². The highest BCUT2D eigenvalue weighted by molar-refractivity contribution is 5.44. The molecule has 15 heavy (non-hydrogen) atoms. The predicted molar refractivity (Wildman–Crippen MR) is 61.0 cm³/mol. The van der Waals surface area contributed by atoms with Crippen LogP contribution in [0.2, 0.25) is 0 Å². The summed E-state index contributed by atoms with van der Waals surface area (Å²) in [5.41, 5.74) is 1.27. The lowest BCUT2D eigenvalue weighted by Crippen LogP contribution is -2.56. The van der Waals surface area contributed by atoms with Gasteiger partial charge in [0.2, 0.25) is 0 Å². The van der Waals surface area contributed by atoms with Gasteiger partial charge in [-0.1, -0.05) is 0 Å². The van der Waals surface area contributed by atoms with Crippen molar-refractivity contribution in [3.63, 3.8) is 0 Å². The molecule has 0 unspecified atom stereocenters. The van der Waals surface area contributed by atoms with Crippen LogP contribution >= 0.6 is 0 Å². The first-order valence-corrected chi connectivity index (χ1v) is 5.82. The molecule has 3 nitrogen and oxygen atoms in total. The second-order valence-electron chi connectivity index (χ2n) is 4.57. The largest absolute Gasteiger partial charge is 0.369 e. The smallest absolute Gasteiger partial charge is 0.0553 e. The Hall–Kier alpha value is -1.09. The van der Waals surface area contributed by atoms with Gasteiger partial charge in [0.15, 0.2) is 0 Å². The summed E-state index contributed by atoms with van der Waals surface area (Å²) in [6, 6.07) is 4.89. The minimum atomic E-state index is 0.715. The molecule has 3 heterocycles. The van der Waals surface area contributed by atoms with Crippen molar-refractivity contribution in [2.45, 2.75) is 18.9 Å². The van der Waals surface area contributed by atoms with Crippen LogP contribution in [0.4, 0.5) is 5.69 Å². The van der Waals surface area contributed by atoms with E-state index < -0.39 is 0 Å². The monoisotopic (exact) mass is 203 g/mol. The third-order valence-corrected chi connectivity index (χ3v) is 3.64. The molecule has 2 atom stereocenters. The normalized spacial score (nSPS) is 30.3. The average Bonchev–Trinajstić information content (AvgIpc) is 2.40. The van der Waals surface area contributed by atoms with Crippen LogP contribution in [-0.2, 0) is 0 Å². The van der Waals surface area contributed by atoms with Gasteiger partial charge in [0.05, 0.1) is 11.9 Å². The van der Waals surface area contributed by atoms with Crippen molar-refractivity contribution < 1.29 is 0 Å². The standard InChI is InChI=1S/C12H17N3/c1-4-11(8-13-5-1)15-6-2-3-10-7-14-12(10)9-15/h1,4-5,8,10,12,14H,2-3,6-7,9H2/t10-,12-/m1/s1. The summed E-state index contributed by atoms with van der Waals surface area (Å²) < 4.78 is 0. The summed E-state index contributed by atoms with van der Waals surface area (Å²) in [5.74, 6) is 0.923. The Bertz CT molecular complexity index is 325. The number of rotatable bonds is 1. The maximum Gasteiger partial charge on any atom is 0.0553 e. The number of nitrogens with one attached hydrogen (secondary N) is 1. The third-order valence-electron chi connectivity index (χ3n) is 3.64. The van der Waals surface area contributed by atoms with E-state index in [1.54, 1.807) is 0 Å². The third kappa shape index (κ3) is 1.72. The van der Waals surface area contributed by atoms with Gasteiger partial charge in [0.1, 0.15) is 0 Å². The van der Waals surface area contributed by atoms with Gasteiger partial charge in [0.25, 0.3) is 0 Å². The topological polar surface area (TPSA) is 28.2 Å². The van der Waals surface area contributed by atoms with Crippen LogP contribution in [-0.4, -0.2) is 30.7 Å². The molecule has 3 rings (SSSR count). The van der Waals surface area contributed by atoms with E-state index in [0.29, 0.717) is 6.04 Å². The maximum absolute atomic E-state index is 4.19. The second kappa shape index (κ2) is 3.81. The minimum Gasteiger partial charge on any atom is -0.369 e. The quantitative estimate of drug-likeness (QED) is 0.745. The van der Waals surface area contributed by atoms with Crippen molar-refractivity contribution >= 4 is 5.69 Å². The first-order chi connectivity index (χ1) is 7.43. The van der Waals surface area contributed by atoms with E-state index in [1.807, 2.05) is 18.5 Å². The van der Waals surface area contributed by atoms with Crippen molar-refractivity contribution in [2.24, 2.45) is 5.92 Å². The molecule has 0 aliphatic carbocycles. The molecule has 0 amide bonds. The number of aromatic nitrogens is 1. The second-order valence-corrected chi connectivity index (χ2v) is 4.57. The summed E-state index contributed by atoms with van der Waals surface area (Å²) >= 11 is 0. The number of fused-ring (bicyclic) bond motifs is 1. The first-order valence-electron chi connectivity index (χ1n) is 5.82. The molecule has 2 aliphatic heterocycles. The Balaban J connectivity index is 1.76. The van der Waals surface area contributed by atoms with Crippen LogP contribution < -0.4 is 10.2 Å². The molecular weight excluding hydrogens is 186 g/mol. The van der Waals surface area contributed by atoms with E-state index in [2.05, 4.69) is 21.3 Å². The van der Waals surface area contributed by atoms with Crippen molar-refractivity contribution in [3.8, 4) is 0 Å². The number of nitrogens with zero attached hydrogens (tertiary/aromatic N) is 2. The van der Waals surface area contributed by atoms with Gasteiger partial charge >= 0.3 is 0 Å². The Morgan fingerprint density at radius 2 is 2.47 bits per heavy atom. The van der Waals surface area contributed by atoms with Crippen LogP contribution in [0.15, 0.2) is 24.5 Å². The van der Waals surface area contributed by atoms with E-state index in [4.69, 9.17) is 0 Å². The molecule has 1 N–H and O–H groups in total. The number of hydrogen-bond acceptors (Lipinski definition) is 3. The fourth-order valence-corrected chi connectivity index (χ4v) is 2.62. The fraction of sp³-hybridized carbons (Fsp3) is 0.583. The number of hydrogen-bond donors (Lipinski definition) is 1. The molecule has 2 fully saturated rings. The zero-order chi connectivity index (χ0) is 10.1. The van der Waals surface area contributed by atoms with Gasteiger partial charge in [0, 0.05) is 25.3 Å². The molecule has 0 radical (unpaired) electrons. The fourth-order valence-electron chi connectivity index (χ4n) is 2.62. The maximum atomic E-state index is 4.19. The average molecular weight is 203 g/mol. The van der Waals surface area contributed by atoms with Crippen LogP contribution in [0.1, 0.15) is 12.8 Å². The molecule has 0 saturated carbocycles. The Kier molecular flexibility index (Phi) is 2.33. The molecule has 0 aromatic carbocycles. The predicted octanol–water partition coefficient (Wildman–Crippen LogP) is 1.27. The lowest BCUT2D eigenvalue weighted by Gasteiger charge is -2.38. The lowest BCUT2D eigenvalue weighted by molar-refractivity contribution is 0.234. The Morgan fingerprint density at radius 3 is 3.20 bits per heavy atom. The van der Waals surface area contributed by atoms with E-state index in [0.717, 1.165) is 12.5 Å². The number of anilines is 1. The molecule has 0 spiro atoms. The molecule has 2 aliphatic rings. The highest BCUT2D eigenvalue weighted by atomic mass is 15.2. The summed E-state index contributed by atoms with van der Waals surface area (Å²) in [6.07, 6.45) is 6.51. The summed E-state index contributed by atoms with van der Waals surface area (Å²) in [4.78, 5) is 6.65. The zero-order valence-corrected chi connectivity index (χ0v) is 8.89. The van der Waals surface area contributed by atoms with E-state index in [-0.39, 0.29) is 0 Å². The summed E-state index contributed by atoms with van der Waals surface area (Å²) in [7, 11) is 0. The Morgan fingerprint density at radius 1 is 1.47 bits per heavy atom. The Labute approximate surface area is 90.5 Å². The van der Waals surface area contributed by atoms with Gasteiger partial charge in [-0.25, -0.2) is 0 Å². The number of pyridine rings is 1. The molecule has 1 aromatic rings.